The molecule has 3 heterocycles. The molecule has 1 aromatic heterocycles. The molecule has 3 aromatic rings. The first kappa shape index (κ1) is 22.2. The Bertz CT molecular complexity index is 1190. The molecule has 2 aliphatic rings. The lowest BCUT2D eigenvalue weighted by atomic mass is 10.1. The Labute approximate surface area is 196 Å². The van der Waals surface area contributed by atoms with E-state index >= 15 is 0 Å². The van der Waals surface area contributed by atoms with Gasteiger partial charge < -0.3 is 23.7 Å². The van der Waals surface area contributed by atoms with Crippen molar-refractivity contribution in [2.24, 2.45) is 0 Å². The van der Waals surface area contributed by atoms with Gasteiger partial charge in [0, 0.05) is 25.9 Å². The minimum Gasteiger partial charge on any atom is -0.476 e. The number of aryl methyl sites for hydroxylation is 1. The number of hydrogen-bond donors (Lipinski definition) is 0. The lowest BCUT2D eigenvalue weighted by Gasteiger charge is -2.37. The molecule has 0 unspecified atom stereocenters. The molecule has 1 atom stereocenters. The summed E-state index contributed by atoms with van der Waals surface area (Å²) in [4.78, 5) is 29.6. The monoisotopic (exact) mass is 464 g/mol. The van der Waals surface area contributed by atoms with Gasteiger partial charge in [0.1, 0.15) is 23.1 Å². The molecular formula is C26H25FN2O5. The molecule has 8 heteroatoms. The molecular weight excluding hydrogens is 439 g/mol. The quantitative estimate of drug-likeness (QED) is 0.576. The Morgan fingerprint density at radius 2 is 1.74 bits per heavy atom. The number of anilines is 1. The smallest absolute Gasteiger partial charge is 0.265 e. The van der Waals surface area contributed by atoms with Crippen LogP contribution in [-0.2, 0) is 20.7 Å². The number of rotatable bonds is 5. The lowest BCUT2D eigenvalue weighted by Crippen LogP contribution is -2.54. The molecule has 0 radical (unpaired) electrons. The molecule has 2 aliphatic heterocycles. The lowest BCUT2D eigenvalue weighted by molar-refractivity contribution is -0.142. The number of nitrogens with zero attached hydrogens (tertiary/aromatic N) is 2. The van der Waals surface area contributed by atoms with Gasteiger partial charge in [-0.05, 0) is 36.4 Å². The van der Waals surface area contributed by atoms with E-state index in [0.29, 0.717) is 61.2 Å². The molecule has 34 heavy (non-hydrogen) atoms. The van der Waals surface area contributed by atoms with Crippen LogP contribution in [0.3, 0.4) is 0 Å². The number of ether oxygens (including phenoxy) is 2. The van der Waals surface area contributed by atoms with Crippen molar-refractivity contribution in [2.45, 2.75) is 18.9 Å². The van der Waals surface area contributed by atoms with Gasteiger partial charge in [0.05, 0.1) is 31.0 Å². The van der Waals surface area contributed by atoms with Crippen LogP contribution >= 0.6 is 0 Å². The standard InChI is InChI=1S/C26H25FN2O5/c27-20-6-2-1-5-19(20)22-11-9-18(33-22)10-12-25(30)29-17-24(26(31)28-13-15-32-16-14-28)34-23-8-4-3-7-21(23)29/h1-9,11,24H,10,12-17H2/t24-/m1/s1. The molecule has 5 rings (SSSR count). The Kier molecular flexibility index (Phi) is 6.31. The predicted molar refractivity (Wildman–Crippen MR) is 123 cm³/mol. The highest BCUT2D eigenvalue weighted by molar-refractivity contribution is 5.97. The second-order valence-electron chi connectivity index (χ2n) is 8.26. The number of benzene rings is 2. The Morgan fingerprint density at radius 3 is 2.56 bits per heavy atom. The van der Waals surface area contributed by atoms with Crippen LogP contribution in [0, 0.1) is 5.82 Å². The summed E-state index contributed by atoms with van der Waals surface area (Å²) in [5, 5.41) is 0. The van der Waals surface area contributed by atoms with Crippen LogP contribution in [0.25, 0.3) is 11.3 Å². The van der Waals surface area contributed by atoms with Crippen molar-refractivity contribution >= 4 is 17.5 Å². The third-order valence-corrected chi connectivity index (χ3v) is 6.06. The second kappa shape index (κ2) is 9.69. The average molecular weight is 464 g/mol. The van der Waals surface area contributed by atoms with Crippen LogP contribution < -0.4 is 9.64 Å². The summed E-state index contributed by atoms with van der Waals surface area (Å²) in [6.07, 6.45) is -0.237. The number of amides is 2. The van der Waals surface area contributed by atoms with Gasteiger partial charge in [-0.15, -0.1) is 0 Å². The minimum atomic E-state index is -0.770. The Hall–Kier alpha value is -3.65. The van der Waals surface area contributed by atoms with Crippen molar-refractivity contribution in [3.05, 3.63) is 72.2 Å². The first-order chi connectivity index (χ1) is 16.6. The average Bonchev–Trinajstić information content (AvgIpc) is 3.35. The van der Waals surface area contributed by atoms with Crippen LogP contribution in [0.2, 0.25) is 0 Å². The maximum atomic E-state index is 14.0. The number of carbonyl (C=O) groups excluding carboxylic acids is 2. The molecule has 1 saturated heterocycles. The fraction of sp³-hybridized carbons (Fsp3) is 0.308. The highest BCUT2D eigenvalue weighted by Gasteiger charge is 2.36. The molecule has 2 amide bonds. The molecule has 7 nitrogen and oxygen atoms in total. The van der Waals surface area contributed by atoms with Gasteiger partial charge in [0.15, 0.2) is 6.10 Å². The number of fused-ring (bicyclic) bond motifs is 1. The van der Waals surface area contributed by atoms with Gasteiger partial charge in [0.25, 0.3) is 5.91 Å². The SMILES string of the molecule is O=C([C@H]1CN(C(=O)CCc2ccc(-c3ccccc3F)o2)c2ccccc2O1)N1CCOCC1. The van der Waals surface area contributed by atoms with E-state index < -0.39 is 6.10 Å². The highest BCUT2D eigenvalue weighted by atomic mass is 19.1. The van der Waals surface area contributed by atoms with Crippen molar-refractivity contribution in [3.8, 4) is 17.1 Å². The molecule has 1 fully saturated rings. The first-order valence-corrected chi connectivity index (χ1v) is 11.4. The van der Waals surface area contributed by atoms with Gasteiger partial charge in [0.2, 0.25) is 5.91 Å². The van der Waals surface area contributed by atoms with Crippen LogP contribution in [-0.4, -0.2) is 55.7 Å². The molecule has 2 aromatic carbocycles. The molecule has 0 bridgehead atoms. The van der Waals surface area contributed by atoms with Crippen molar-refractivity contribution in [2.75, 3.05) is 37.7 Å². The maximum Gasteiger partial charge on any atom is 0.265 e. The molecule has 0 N–H and O–H groups in total. The van der Waals surface area contributed by atoms with E-state index in [0.717, 1.165) is 0 Å². The minimum absolute atomic E-state index is 0.139. The van der Waals surface area contributed by atoms with Gasteiger partial charge in [-0.2, -0.15) is 0 Å². The van der Waals surface area contributed by atoms with Crippen LogP contribution in [0.4, 0.5) is 10.1 Å². The van der Waals surface area contributed by atoms with E-state index in [1.807, 2.05) is 18.2 Å². The van der Waals surface area contributed by atoms with E-state index in [4.69, 9.17) is 13.9 Å². The molecule has 0 aliphatic carbocycles. The zero-order valence-electron chi connectivity index (χ0n) is 18.6. The third-order valence-electron chi connectivity index (χ3n) is 6.06. The molecule has 0 saturated carbocycles. The van der Waals surface area contributed by atoms with Crippen molar-refractivity contribution in [1.82, 2.24) is 4.90 Å². The summed E-state index contributed by atoms with van der Waals surface area (Å²) in [6, 6.07) is 17.1. The number of morpholine rings is 1. The maximum absolute atomic E-state index is 14.0. The number of halogens is 1. The van der Waals surface area contributed by atoms with Crippen molar-refractivity contribution in [3.63, 3.8) is 0 Å². The van der Waals surface area contributed by atoms with Crippen LogP contribution in [0.1, 0.15) is 12.2 Å². The van der Waals surface area contributed by atoms with Gasteiger partial charge in [-0.1, -0.05) is 24.3 Å². The number of hydrogen-bond acceptors (Lipinski definition) is 5. The largest absolute Gasteiger partial charge is 0.476 e. The topological polar surface area (TPSA) is 72.2 Å². The Balaban J connectivity index is 1.29. The van der Waals surface area contributed by atoms with E-state index in [9.17, 15) is 14.0 Å². The zero-order valence-corrected chi connectivity index (χ0v) is 18.6. The van der Waals surface area contributed by atoms with Crippen molar-refractivity contribution in [1.29, 1.82) is 0 Å². The van der Waals surface area contributed by atoms with Gasteiger partial charge in [-0.25, -0.2) is 4.39 Å². The summed E-state index contributed by atoms with van der Waals surface area (Å²) >= 11 is 0. The Morgan fingerprint density at radius 1 is 0.971 bits per heavy atom. The normalized spacial score (nSPS) is 17.7. The van der Waals surface area contributed by atoms with Crippen LogP contribution in [0.5, 0.6) is 5.75 Å². The molecule has 176 valence electrons. The van der Waals surface area contributed by atoms with Crippen molar-refractivity contribution < 1.29 is 27.9 Å². The third kappa shape index (κ3) is 4.54. The summed E-state index contributed by atoms with van der Waals surface area (Å²) in [6.45, 7) is 2.16. The summed E-state index contributed by atoms with van der Waals surface area (Å²) in [5.74, 6) is 0.881. The van der Waals surface area contributed by atoms with Gasteiger partial charge in [-0.3, -0.25) is 9.59 Å². The van der Waals surface area contributed by atoms with E-state index in [1.54, 1.807) is 46.2 Å². The summed E-state index contributed by atoms with van der Waals surface area (Å²) in [5.41, 5.74) is 1.02. The summed E-state index contributed by atoms with van der Waals surface area (Å²) in [7, 11) is 0. The summed E-state index contributed by atoms with van der Waals surface area (Å²) < 4.78 is 31.1. The van der Waals surface area contributed by atoms with E-state index in [2.05, 4.69) is 0 Å². The fourth-order valence-corrected chi connectivity index (χ4v) is 4.27. The van der Waals surface area contributed by atoms with Crippen LogP contribution in [0.15, 0.2) is 65.1 Å². The van der Waals surface area contributed by atoms with E-state index in [-0.39, 0.29) is 30.6 Å². The fourth-order valence-electron chi connectivity index (χ4n) is 4.27. The first-order valence-electron chi connectivity index (χ1n) is 11.4. The highest BCUT2D eigenvalue weighted by Crippen LogP contribution is 2.34. The number of furan rings is 1. The second-order valence-corrected chi connectivity index (χ2v) is 8.26. The van der Waals surface area contributed by atoms with E-state index in [1.165, 1.54) is 6.07 Å². The number of para-hydroxylation sites is 2. The predicted octanol–water partition coefficient (Wildman–Crippen LogP) is 3.67. The number of carbonyl (C=O) groups is 2. The molecule has 0 spiro atoms. The van der Waals surface area contributed by atoms with Gasteiger partial charge >= 0.3 is 0 Å². The zero-order chi connectivity index (χ0) is 23.5.